The zero-order valence-electron chi connectivity index (χ0n) is 6.79. The Kier molecular flexibility index (Phi) is 7.86. The van der Waals surface area contributed by atoms with Crippen LogP contribution in [0.2, 0.25) is 0 Å². The molecule has 0 bridgehead atoms. The van der Waals surface area contributed by atoms with Gasteiger partial charge in [0.25, 0.3) is 0 Å². The maximum absolute atomic E-state index is 3.36. The molecule has 0 heterocycles. The first-order valence-electron chi connectivity index (χ1n) is 3.74. The SMILES string of the molecule is Br.BrCCNCc1ccccc1. The van der Waals surface area contributed by atoms with Crippen LogP contribution in [0, 0.1) is 0 Å². The minimum atomic E-state index is 0. The Bertz CT molecular complexity index is 189. The fourth-order valence-corrected chi connectivity index (χ4v) is 1.18. The zero-order chi connectivity index (χ0) is 7.94. The average Bonchev–Trinajstić information content (AvgIpc) is 2.07. The van der Waals surface area contributed by atoms with Crippen molar-refractivity contribution in [1.29, 1.82) is 0 Å². The van der Waals surface area contributed by atoms with Gasteiger partial charge in [0.2, 0.25) is 0 Å². The number of halogens is 2. The van der Waals surface area contributed by atoms with Gasteiger partial charge in [0.05, 0.1) is 0 Å². The van der Waals surface area contributed by atoms with Gasteiger partial charge in [-0.2, -0.15) is 0 Å². The summed E-state index contributed by atoms with van der Waals surface area (Å²) in [7, 11) is 0. The van der Waals surface area contributed by atoms with E-state index < -0.39 is 0 Å². The highest BCUT2D eigenvalue weighted by atomic mass is 79.9. The molecule has 0 radical (unpaired) electrons. The molecule has 1 nitrogen and oxygen atoms in total. The Hall–Kier alpha value is 0.140. The third-order valence-corrected chi connectivity index (χ3v) is 1.84. The van der Waals surface area contributed by atoms with Crippen LogP contribution >= 0.6 is 32.9 Å². The first-order valence-corrected chi connectivity index (χ1v) is 4.86. The number of hydrogen-bond acceptors (Lipinski definition) is 1. The molecule has 1 N–H and O–H groups in total. The number of nitrogens with one attached hydrogen (secondary N) is 1. The molecule has 0 saturated heterocycles. The van der Waals surface area contributed by atoms with E-state index in [4.69, 9.17) is 0 Å². The molecule has 0 aliphatic carbocycles. The van der Waals surface area contributed by atoms with Gasteiger partial charge in [-0.15, -0.1) is 17.0 Å². The summed E-state index contributed by atoms with van der Waals surface area (Å²) in [5.74, 6) is 0. The highest BCUT2D eigenvalue weighted by Gasteiger charge is 1.87. The van der Waals surface area contributed by atoms with Gasteiger partial charge in [-0.05, 0) is 5.56 Å². The molecule has 1 rings (SSSR count). The van der Waals surface area contributed by atoms with Crippen molar-refractivity contribution in [2.24, 2.45) is 0 Å². The van der Waals surface area contributed by atoms with E-state index in [1.807, 2.05) is 6.07 Å². The van der Waals surface area contributed by atoms with Crippen molar-refractivity contribution in [3.05, 3.63) is 35.9 Å². The van der Waals surface area contributed by atoms with Crippen LogP contribution in [0.5, 0.6) is 0 Å². The first-order chi connectivity index (χ1) is 5.43. The lowest BCUT2D eigenvalue weighted by Gasteiger charge is -2.00. The van der Waals surface area contributed by atoms with Crippen LogP contribution < -0.4 is 5.32 Å². The summed E-state index contributed by atoms with van der Waals surface area (Å²) in [5, 5.41) is 4.32. The molecule has 12 heavy (non-hydrogen) atoms. The molecule has 3 heteroatoms. The van der Waals surface area contributed by atoms with Gasteiger partial charge in [-0.1, -0.05) is 46.3 Å². The molecule has 0 saturated carbocycles. The molecule has 1 aromatic rings. The third kappa shape index (κ3) is 4.91. The van der Waals surface area contributed by atoms with Crippen molar-refractivity contribution in [1.82, 2.24) is 5.32 Å². The molecular weight excluding hydrogens is 282 g/mol. The minimum Gasteiger partial charge on any atom is -0.312 e. The Morgan fingerprint density at radius 1 is 1.17 bits per heavy atom. The summed E-state index contributed by atoms with van der Waals surface area (Å²) >= 11 is 3.36. The molecule has 1 aromatic carbocycles. The van der Waals surface area contributed by atoms with Crippen molar-refractivity contribution < 1.29 is 0 Å². The molecule has 0 atom stereocenters. The second kappa shape index (κ2) is 7.77. The summed E-state index contributed by atoms with van der Waals surface area (Å²) in [6, 6.07) is 10.4. The van der Waals surface area contributed by atoms with Gasteiger partial charge >= 0.3 is 0 Å². The maximum Gasteiger partial charge on any atom is 0.0205 e. The first kappa shape index (κ1) is 12.1. The summed E-state index contributed by atoms with van der Waals surface area (Å²) in [5.41, 5.74) is 1.34. The summed E-state index contributed by atoms with van der Waals surface area (Å²) in [4.78, 5) is 0. The van der Waals surface area contributed by atoms with Crippen LogP contribution in [0.1, 0.15) is 5.56 Å². The van der Waals surface area contributed by atoms with Gasteiger partial charge in [0.1, 0.15) is 0 Å². The lowest BCUT2D eigenvalue weighted by Crippen LogP contribution is -2.15. The van der Waals surface area contributed by atoms with E-state index >= 15 is 0 Å². The van der Waals surface area contributed by atoms with E-state index in [0.29, 0.717) is 0 Å². The molecule has 0 unspecified atom stereocenters. The lowest BCUT2D eigenvalue weighted by molar-refractivity contribution is 0.734. The van der Waals surface area contributed by atoms with Gasteiger partial charge < -0.3 is 5.32 Å². The summed E-state index contributed by atoms with van der Waals surface area (Å²) in [6.45, 7) is 1.99. The van der Waals surface area contributed by atoms with Crippen LogP contribution in [-0.2, 0) is 6.54 Å². The number of hydrogen-bond donors (Lipinski definition) is 1. The number of alkyl halides is 1. The topological polar surface area (TPSA) is 12.0 Å². The van der Waals surface area contributed by atoms with Crippen LogP contribution in [0.25, 0.3) is 0 Å². The maximum atomic E-state index is 3.36. The average molecular weight is 295 g/mol. The normalized spacial score (nSPS) is 9.08. The van der Waals surface area contributed by atoms with E-state index in [0.717, 1.165) is 18.4 Å². The van der Waals surface area contributed by atoms with Crippen LogP contribution in [0.15, 0.2) is 30.3 Å². The quantitative estimate of drug-likeness (QED) is 0.665. The number of benzene rings is 1. The smallest absolute Gasteiger partial charge is 0.0205 e. The zero-order valence-corrected chi connectivity index (χ0v) is 10.1. The molecule has 0 aliphatic rings. The Balaban J connectivity index is 0.00000121. The van der Waals surface area contributed by atoms with Crippen LogP contribution in [0.3, 0.4) is 0 Å². The molecule has 0 amide bonds. The Morgan fingerprint density at radius 3 is 2.42 bits per heavy atom. The van der Waals surface area contributed by atoms with Crippen molar-refractivity contribution in [3.63, 3.8) is 0 Å². The standard InChI is InChI=1S/C9H12BrN.BrH/c10-6-7-11-8-9-4-2-1-3-5-9;/h1-5,11H,6-8H2;1H. The van der Waals surface area contributed by atoms with Gasteiger partial charge in [0.15, 0.2) is 0 Å². The molecule has 0 aliphatic heterocycles. The lowest BCUT2D eigenvalue weighted by atomic mass is 10.2. The highest BCUT2D eigenvalue weighted by Crippen LogP contribution is 1.96. The molecular formula is C9H13Br2N. The number of rotatable bonds is 4. The van der Waals surface area contributed by atoms with E-state index in [1.165, 1.54) is 5.56 Å². The second-order valence-electron chi connectivity index (χ2n) is 2.35. The monoisotopic (exact) mass is 293 g/mol. The van der Waals surface area contributed by atoms with Gasteiger partial charge in [-0.25, -0.2) is 0 Å². The van der Waals surface area contributed by atoms with Crippen LogP contribution in [0.4, 0.5) is 0 Å². The molecule has 0 fully saturated rings. The van der Waals surface area contributed by atoms with Crippen molar-refractivity contribution in [2.75, 3.05) is 11.9 Å². The molecule has 68 valence electrons. The molecule has 0 spiro atoms. The Labute approximate surface area is 92.5 Å². The largest absolute Gasteiger partial charge is 0.312 e. The van der Waals surface area contributed by atoms with Crippen molar-refractivity contribution in [2.45, 2.75) is 6.54 Å². The Morgan fingerprint density at radius 2 is 1.83 bits per heavy atom. The minimum absolute atomic E-state index is 0. The van der Waals surface area contributed by atoms with E-state index in [1.54, 1.807) is 0 Å². The van der Waals surface area contributed by atoms with E-state index in [9.17, 15) is 0 Å². The fourth-order valence-electron chi connectivity index (χ4n) is 0.895. The van der Waals surface area contributed by atoms with Gasteiger partial charge in [0, 0.05) is 18.4 Å². The van der Waals surface area contributed by atoms with E-state index in [2.05, 4.69) is 45.5 Å². The second-order valence-corrected chi connectivity index (χ2v) is 3.14. The van der Waals surface area contributed by atoms with E-state index in [-0.39, 0.29) is 17.0 Å². The van der Waals surface area contributed by atoms with Crippen molar-refractivity contribution >= 4 is 32.9 Å². The molecule has 0 aromatic heterocycles. The fraction of sp³-hybridized carbons (Fsp3) is 0.333. The summed E-state index contributed by atoms with van der Waals surface area (Å²) < 4.78 is 0. The van der Waals surface area contributed by atoms with Gasteiger partial charge in [-0.3, -0.25) is 0 Å². The predicted octanol–water partition coefficient (Wildman–Crippen LogP) is 2.75. The predicted molar refractivity (Wildman–Crippen MR) is 62.3 cm³/mol. The third-order valence-electron chi connectivity index (χ3n) is 1.44. The van der Waals surface area contributed by atoms with Crippen molar-refractivity contribution in [3.8, 4) is 0 Å². The summed E-state index contributed by atoms with van der Waals surface area (Å²) in [6.07, 6.45) is 0. The van der Waals surface area contributed by atoms with Crippen LogP contribution in [-0.4, -0.2) is 11.9 Å². The highest BCUT2D eigenvalue weighted by molar-refractivity contribution is 9.09.